The van der Waals surface area contributed by atoms with Crippen molar-refractivity contribution in [1.29, 1.82) is 0 Å². The minimum absolute atomic E-state index is 0.0817. The molecular formula is C17H25N3O2. The Morgan fingerprint density at radius 1 is 1.18 bits per heavy atom. The zero-order valence-corrected chi connectivity index (χ0v) is 13.5. The molecule has 1 aliphatic rings. The third kappa shape index (κ3) is 4.23. The number of rotatable bonds is 6. The highest BCUT2D eigenvalue weighted by molar-refractivity contribution is 5.94. The van der Waals surface area contributed by atoms with Crippen molar-refractivity contribution in [3.8, 4) is 0 Å². The summed E-state index contributed by atoms with van der Waals surface area (Å²) in [6.45, 7) is 6.99. The molecule has 0 bridgehead atoms. The van der Waals surface area contributed by atoms with E-state index in [0.717, 1.165) is 37.3 Å². The molecule has 0 radical (unpaired) electrons. The molecule has 1 aromatic rings. The van der Waals surface area contributed by atoms with Gasteiger partial charge in [-0.2, -0.15) is 0 Å². The standard InChI is InChI=1S/C17H25N3O2/c1-3-19(4-2)15-10-8-14(9-11-15)18-16(21)13-20-12-6-5-7-17(20)22/h8-11H,3-7,12-13H2,1-2H3,(H,18,21). The van der Waals surface area contributed by atoms with Crippen LogP contribution in [0.3, 0.4) is 0 Å². The first-order valence-corrected chi connectivity index (χ1v) is 8.06. The van der Waals surface area contributed by atoms with Gasteiger partial charge in [-0.05, 0) is 51.0 Å². The third-order valence-electron chi connectivity index (χ3n) is 4.04. The summed E-state index contributed by atoms with van der Waals surface area (Å²) in [7, 11) is 0. The molecule has 0 atom stereocenters. The first-order chi connectivity index (χ1) is 10.6. The Balaban J connectivity index is 1.90. The predicted octanol–water partition coefficient (Wildman–Crippen LogP) is 2.48. The lowest BCUT2D eigenvalue weighted by molar-refractivity contribution is -0.136. The van der Waals surface area contributed by atoms with Crippen molar-refractivity contribution >= 4 is 23.2 Å². The molecule has 1 aromatic carbocycles. The van der Waals surface area contributed by atoms with Crippen LogP contribution in [0.4, 0.5) is 11.4 Å². The fourth-order valence-corrected chi connectivity index (χ4v) is 2.75. The summed E-state index contributed by atoms with van der Waals surface area (Å²) in [6.07, 6.45) is 2.48. The van der Waals surface area contributed by atoms with E-state index in [1.807, 2.05) is 24.3 Å². The molecule has 1 N–H and O–H groups in total. The van der Waals surface area contributed by atoms with E-state index in [9.17, 15) is 9.59 Å². The molecule has 0 aromatic heterocycles. The molecule has 5 heteroatoms. The van der Waals surface area contributed by atoms with Crippen molar-refractivity contribution in [2.24, 2.45) is 0 Å². The highest BCUT2D eigenvalue weighted by Gasteiger charge is 2.20. The summed E-state index contributed by atoms with van der Waals surface area (Å²) in [5.74, 6) is -0.0517. The molecule has 120 valence electrons. The predicted molar refractivity (Wildman–Crippen MR) is 89.1 cm³/mol. The number of piperidine rings is 1. The first kappa shape index (κ1) is 16.3. The molecule has 0 unspecified atom stereocenters. The van der Waals surface area contributed by atoms with Gasteiger partial charge in [0.15, 0.2) is 0 Å². The number of hydrogen-bond acceptors (Lipinski definition) is 3. The maximum atomic E-state index is 12.0. The lowest BCUT2D eigenvalue weighted by Crippen LogP contribution is -2.40. The van der Waals surface area contributed by atoms with Crippen LogP contribution in [0, 0.1) is 0 Å². The van der Waals surface area contributed by atoms with E-state index >= 15 is 0 Å². The second-order valence-electron chi connectivity index (χ2n) is 5.54. The fourth-order valence-electron chi connectivity index (χ4n) is 2.75. The van der Waals surface area contributed by atoms with Crippen LogP contribution < -0.4 is 10.2 Å². The van der Waals surface area contributed by atoms with Crippen molar-refractivity contribution in [2.45, 2.75) is 33.1 Å². The van der Waals surface area contributed by atoms with Crippen molar-refractivity contribution < 1.29 is 9.59 Å². The lowest BCUT2D eigenvalue weighted by Gasteiger charge is -2.26. The molecule has 0 spiro atoms. The van der Waals surface area contributed by atoms with Crippen LogP contribution in [-0.4, -0.2) is 42.9 Å². The lowest BCUT2D eigenvalue weighted by atomic mass is 10.1. The number of nitrogens with zero attached hydrogens (tertiary/aromatic N) is 2. The average Bonchev–Trinajstić information content (AvgIpc) is 2.52. The summed E-state index contributed by atoms with van der Waals surface area (Å²) in [6, 6.07) is 7.83. The number of anilines is 2. The van der Waals surface area contributed by atoms with Gasteiger partial charge in [-0.25, -0.2) is 0 Å². The quantitative estimate of drug-likeness (QED) is 0.878. The van der Waals surface area contributed by atoms with Gasteiger partial charge in [-0.15, -0.1) is 0 Å². The SMILES string of the molecule is CCN(CC)c1ccc(NC(=O)CN2CCCCC2=O)cc1. The zero-order valence-electron chi connectivity index (χ0n) is 13.5. The highest BCUT2D eigenvalue weighted by atomic mass is 16.2. The van der Waals surface area contributed by atoms with Gasteiger partial charge < -0.3 is 15.1 Å². The molecule has 0 saturated carbocycles. The third-order valence-corrected chi connectivity index (χ3v) is 4.04. The second-order valence-corrected chi connectivity index (χ2v) is 5.54. The number of hydrogen-bond donors (Lipinski definition) is 1. The van der Waals surface area contributed by atoms with Gasteiger partial charge in [0.1, 0.15) is 0 Å². The van der Waals surface area contributed by atoms with Gasteiger partial charge in [-0.3, -0.25) is 9.59 Å². The Morgan fingerprint density at radius 3 is 2.45 bits per heavy atom. The maximum Gasteiger partial charge on any atom is 0.243 e. The molecule has 0 aliphatic carbocycles. The molecule has 22 heavy (non-hydrogen) atoms. The van der Waals surface area contributed by atoms with Crippen LogP contribution in [0.2, 0.25) is 0 Å². The molecule has 1 heterocycles. The highest BCUT2D eigenvalue weighted by Crippen LogP contribution is 2.18. The minimum atomic E-state index is -0.133. The minimum Gasteiger partial charge on any atom is -0.372 e. The second kappa shape index (κ2) is 7.82. The van der Waals surface area contributed by atoms with Gasteiger partial charge >= 0.3 is 0 Å². The molecule has 2 rings (SSSR count). The van der Waals surface area contributed by atoms with Crippen LogP contribution in [0.5, 0.6) is 0 Å². The van der Waals surface area contributed by atoms with Crippen molar-refractivity contribution in [3.63, 3.8) is 0 Å². The number of carbonyl (C=O) groups excluding carboxylic acids is 2. The molecule has 2 amide bonds. The van der Waals surface area contributed by atoms with Crippen LogP contribution in [0.15, 0.2) is 24.3 Å². The van der Waals surface area contributed by atoms with E-state index in [1.165, 1.54) is 0 Å². The summed E-state index contributed by atoms with van der Waals surface area (Å²) >= 11 is 0. The summed E-state index contributed by atoms with van der Waals surface area (Å²) < 4.78 is 0. The van der Waals surface area contributed by atoms with E-state index < -0.39 is 0 Å². The van der Waals surface area contributed by atoms with Crippen LogP contribution in [-0.2, 0) is 9.59 Å². The average molecular weight is 303 g/mol. The van der Waals surface area contributed by atoms with Gasteiger partial charge in [0, 0.05) is 37.4 Å². The maximum absolute atomic E-state index is 12.0. The van der Waals surface area contributed by atoms with Crippen molar-refractivity contribution in [1.82, 2.24) is 4.90 Å². The summed E-state index contributed by atoms with van der Waals surface area (Å²) in [5.41, 5.74) is 1.92. The molecule has 1 saturated heterocycles. The van der Waals surface area contributed by atoms with Gasteiger partial charge in [-0.1, -0.05) is 0 Å². The summed E-state index contributed by atoms with van der Waals surface area (Å²) in [5, 5.41) is 2.86. The van der Waals surface area contributed by atoms with E-state index in [4.69, 9.17) is 0 Å². The Hall–Kier alpha value is -2.04. The Kier molecular flexibility index (Phi) is 5.81. The molecular weight excluding hydrogens is 278 g/mol. The largest absolute Gasteiger partial charge is 0.372 e. The van der Waals surface area contributed by atoms with Crippen LogP contribution in [0.25, 0.3) is 0 Å². The van der Waals surface area contributed by atoms with E-state index in [2.05, 4.69) is 24.1 Å². The van der Waals surface area contributed by atoms with Crippen molar-refractivity contribution in [2.75, 3.05) is 36.4 Å². The zero-order chi connectivity index (χ0) is 15.9. The fraction of sp³-hybridized carbons (Fsp3) is 0.529. The topological polar surface area (TPSA) is 52.7 Å². The number of amides is 2. The Labute approximate surface area is 132 Å². The first-order valence-electron chi connectivity index (χ1n) is 8.06. The summed E-state index contributed by atoms with van der Waals surface area (Å²) in [4.78, 5) is 27.6. The molecule has 1 fully saturated rings. The van der Waals surface area contributed by atoms with E-state index in [1.54, 1.807) is 4.90 Å². The van der Waals surface area contributed by atoms with Crippen molar-refractivity contribution in [3.05, 3.63) is 24.3 Å². The molecule has 1 aliphatic heterocycles. The smallest absolute Gasteiger partial charge is 0.243 e. The van der Waals surface area contributed by atoms with Crippen LogP contribution in [0.1, 0.15) is 33.1 Å². The number of nitrogens with one attached hydrogen (secondary N) is 1. The normalized spacial score (nSPS) is 14.8. The number of likely N-dealkylation sites (tertiary alicyclic amines) is 1. The van der Waals surface area contributed by atoms with Gasteiger partial charge in [0.05, 0.1) is 6.54 Å². The van der Waals surface area contributed by atoms with Gasteiger partial charge in [0.2, 0.25) is 11.8 Å². The van der Waals surface area contributed by atoms with E-state index in [-0.39, 0.29) is 18.4 Å². The number of carbonyl (C=O) groups is 2. The van der Waals surface area contributed by atoms with E-state index in [0.29, 0.717) is 13.0 Å². The van der Waals surface area contributed by atoms with Crippen LogP contribution >= 0.6 is 0 Å². The Bertz CT molecular complexity index is 509. The Morgan fingerprint density at radius 2 is 1.86 bits per heavy atom. The molecule has 5 nitrogen and oxygen atoms in total. The number of benzene rings is 1. The van der Waals surface area contributed by atoms with Gasteiger partial charge in [0.25, 0.3) is 0 Å². The monoisotopic (exact) mass is 303 g/mol.